The highest BCUT2D eigenvalue weighted by Crippen LogP contribution is 2.32. The number of hydrogen-bond acceptors (Lipinski definition) is 1. The Kier molecular flexibility index (Phi) is 4.90. The molecular weight excluding hydrogens is 242 g/mol. The Morgan fingerprint density at radius 2 is 1.45 bits per heavy atom. The van der Waals surface area contributed by atoms with E-state index in [1.54, 1.807) is 0 Å². The average Bonchev–Trinajstić information content (AvgIpc) is 2.39. The van der Waals surface area contributed by atoms with E-state index in [-0.39, 0.29) is 5.41 Å². The summed E-state index contributed by atoms with van der Waals surface area (Å²) in [4.78, 5) is 2.69. The van der Waals surface area contributed by atoms with Gasteiger partial charge in [-0.05, 0) is 48.4 Å². The van der Waals surface area contributed by atoms with Crippen molar-refractivity contribution < 1.29 is 0 Å². The van der Waals surface area contributed by atoms with Crippen LogP contribution in [0.15, 0.2) is 24.3 Å². The fraction of sp³-hybridized carbons (Fsp3) is 0.684. The van der Waals surface area contributed by atoms with E-state index in [1.165, 1.54) is 43.5 Å². The van der Waals surface area contributed by atoms with Crippen molar-refractivity contribution in [3.05, 3.63) is 35.4 Å². The summed E-state index contributed by atoms with van der Waals surface area (Å²) < 4.78 is 0. The van der Waals surface area contributed by atoms with Crippen molar-refractivity contribution >= 4 is 0 Å². The molecule has 0 N–H and O–H groups in total. The van der Waals surface area contributed by atoms with Gasteiger partial charge in [-0.15, -0.1) is 0 Å². The van der Waals surface area contributed by atoms with E-state index in [0.29, 0.717) is 12.0 Å². The molecule has 1 heterocycles. The summed E-state index contributed by atoms with van der Waals surface area (Å²) in [6.45, 7) is 14.1. The first-order valence-corrected chi connectivity index (χ1v) is 8.24. The first-order chi connectivity index (χ1) is 9.39. The average molecular weight is 273 g/mol. The maximum atomic E-state index is 2.69. The fourth-order valence-electron chi connectivity index (χ4n) is 3.39. The minimum absolute atomic E-state index is 0.247. The topological polar surface area (TPSA) is 3.24 Å². The van der Waals surface area contributed by atoms with Gasteiger partial charge in [0.2, 0.25) is 0 Å². The number of piperidine rings is 1. The molecular formula is C19H31N. The molecule has 1 unspecified atom stereocenters. The van der Waals surface area contributed by atoms with Crippen LogP contribution in [-0.2, 0) is 5.41 Å². The minimum Gasteiger partial charge on any atom is -0.296 e. The van der Waals surface area contributed by atoms with Crippen molar-refractivity contribution in [2.75, 3.05) is 13.1 Å². The van der Waals surface area contributed by atoms with E-state index >= 15 is 0 Å². The summed E-state index contributed by atoms with van der Waals surface area (Å²) in [5.41, 5.74) is 3.18. The Hall–Kier alpha value is -0.820. The number of rotatable bonds is 3. The van der Waals surface area contributed by atoms with Crippen LogP contribution in [0.2, 0.25) is 0 Å². The number of hydrogen-bond donors (Lipinski definition) is 0. The maximum Gasteiger partial charge on any atom is 0.0371 e. The van der Waals surface area contributed by atoms with E-state index < -0.39 is 0 Å². The summed E-state index contributed by atoms with van der Waals surface area (Å²) in [7, 11) is 0. The van der Waals surface area contributed by atoms with Gasteiger partial charge in [-0.3, -0.25) is 4.90 Å². The van der Waals surface area contributed by atoms with Crippen LogP contribution in [0.25, 0.3) is 0 Å². The predicted molar refractivity (Wildman–Crippen MR) is 88.1 cm³/mol. The van der Waals surface area contributed by atoms with Crippen LogP contribution < -0.4 is 0 Å². The van der Waals surface area contributed by atoms with Crippen LogP contribution >= 0.6 is 0 Å². The molecule has 0 radical (unpaired) electrons. The summed E-state index contributed by atoms with van der Waals surface area (Å²) >= 11 is 0. The van der Waals surface area contributed by atoms with Gasteiger partial charge in [-0.25, -0.2) is 0 Å². The Morgan fingerprint density at radius 3 is 1.90 bits per heavy atom. The molecule has 1 fully saturated rings. The zero-order valence-corrected chi connectivity index (χ0v) is 13.9. The molecule has 1 aromatic rings. The van der Waals surface area contributed by atoms with Crippen molar-refractivity contribution in [3.8, 4) is 0 Å². The van der Waals surface area contributed by atoms with Crippen molar-refractivity contribution in [1.29, 1.82) is 0 Å². The molecule has 1 aromatic carbocycles. The highest BCUT2D eigenvalue weighted by molar-refractivity contribution is 5.29. The molecule has 112 valence electrons. The highest BCUT2D eigenvalue weighted by Gasteiger charge is 2.25. The third kappa shape index (κ3) is 3.63. The first kappa shape index (κ1) is 15.6. The standard InChI is InChI=1S/C19H31N/c1-15(2)18(20-13-7-6-8-14-20)16-9-11-17(12-10-16)19(3,4)5/h9-12,15,18H,6-8,13-14H2,1-5H3. The van der Waals surface area contributed by atoms with Gasteiger partial charge in [0.15, 0.2) is 0 Å². The predicted octanol–water partition coefficient (Wildman–Crippen LogP) is 5.17. The lowest BCUT2D eigenvalue weighted by Crippen LogP contribution is -2.36. The molecule has 0 aliphatic carbocycles. The Balaban J connectivity index is 2.21. The number of likely N-dealkylation sites (tertiary alicyclic amines) is 1. The lowest BCUT2D eigenvalue weighted by molar-refractivity contribution is 0.128. The van der Waals surface area contributed by atoms with Crippen molar-refractivity contribution in [2.24, 2.45) is 5.92 Å². The molecule has 1 nitrogen and oxygen atoms in total. The number of nitrogens with zero attached hydrogens (tertiary/aromatic N) is 1. The molecule has 0 bridgehead atoms. The van der Waals surface area contributed by atoms with Gasteiger partial charge in [-0.2, -0.15) is 0 Å². The fourth-order valence-corrected chi connectivity index (χ4v) is 3.39. The zero-order chi connectivity index (χ0) is 14.8. The van der Waals surface area contributed by atoms with E-state index in [2.05, 4.69) is 63.8 Å². The minimum atomic E-state index is 0.247. The van der Waals surface area contributed by atoms with Crippen LogP contribution in [0.3, 0.4) is 0 Å². The normalized spacial score (nSPS) is 19.3. The second-order valence-electron chi connectivity index (χ2n) is 7.66. The van der Waals surface area contributed by atoms with Crippen LogP contribution in [-0.4, -0.2) is 18.0 Å². The quantitative estimate of drug-likeness (QED) is 0.734. The molecule has 1 heteroatoms. The molecule has 0 saturated carbocycles. The summed E-state index contributed by atoms with van der Waals surface area (Å²) in [6.07, 6.45) is 4.14. The summed E-state index contributed by atoms with van der Waals surface area (Å²) in [5, 5.41) is 0. The Bertz CT molecular complexity index is 404. The van der Waals surface area contributed by atoms with Crippen LogP contribution in [0, 0.1) is 5.92 Å². The van der Waals surface area contributed by atoms with Crippen LogP contribution in [0.4, 0.5) is 0 Å². The molecule has 1 aliphatic heterocycles. The summed E-state index contributed by atoms with van der Waals surface area (Å²) in [6, 6.07) is 9.97. The van der Waals surface area contributed by atoms with Gasteiger partial charge < -0.3 is 0 Å². The van der Waals surface area contributed by atoms with Gasteiger partial charge >= 0.3 is 0 Å². The zero-order valence-electron chi connectivity index (χ0n) is 13.9. The SMILES string of the molecule is CC(C)C(c1ccc(C(C)(C)C)cc1)N1CCCCC1. The summed E-state index contributed by atoms with van der Waals surface area (Å²) in [5.74, 6) is 0.675. The number of benzene rings is 1. The lowest BCUT2D eigenvalue weighted by Gasteiger charge is -2.37. The molecule has 2 rings (SSSR count). The molecule has 0 spiro atoms. The second kappa shape index (κ2) is 6.30. The third-order valence-corrected chi connectivity index (χ3v) is 4.53. The Labute approximate surface area is 125 Å². The first-order valence-electron chi connectivity index (χ1n) is 8.24. The van der Waals surface area contributed by atoms with Crippen LogP contribution in [0.5, 0.6) is 0 Å². The maximum absolute atomic E-state index is 2.69. The molecule has 1 aliphatic rings. The molecule has 20 heavy (non-hydrogen) atoms. The van der Waals surface area contributed by atoms with E-state index in [1.807, 2.05) is 0 Å². The van der Waals surface area contributed by atoms with Gasteiger partial charge in [0, 0.05) is 6.04 Å². The third-order valence-electron chi connectivity index (χ3n) is 4.53. The second-order valence-corrected chi connectivity index (χ2v) is 7.66. The van der Waals surface area contributed by atoms with Gasteiger partial charge in [0.25, 0.3) is 0 Å². The molecule has 0 amide bonds. The van der Waals surface area contributed by atoms with E-state index in [4.69, 9.17) is 0 Å². The van der Waals surface area contributed by atoms with E-state index in [9.17, 15) is 0 Å². The monoisotopic (exact) mass is 273 g/mol. The molecule has 1 atom stereocenters. The van der Waals surface area contributed by atoms with Gasteiger partial charge in [0.1, 0.15) is 0 Å². The van der Waals surface area contributed by atoms with Crippen molar-refractivity contribution in [2.45, 2.75) is 65.3 Å². The highest BCUT2D eigenvalue weighted by atomic mass is 15.2. The smallest absolute Gasteiger partial charge is 0.0371 e. The Morgan fingerprint density at radius 1 is 0.900 bits per heavy atom. The largest absolute Gasteiger partial charge is 0.296 e. The van der Waals surface area contributed by atoms with Crippen LogP contribution in [0.1, 0.15) is 71.0 Å². The molecule has 1 saturated heterocycles. The van der Waals surface area contributed by atoms with Crippen molar-refractivity contribution in [3.63, 3.8) is 0 Å². The molecule has 0 aromatic heterocycles. The van der Waals surface area contributed by atoms with Gasteiger partial charge in [-0.1, -0.05) is 65.3 Å². The van der Waals surface area contributed by atoms with E-state index in [0.717, 1.165) is 0 Å². The van der Waals surface area contributed by atoms with Gasteiger partial charge in [0.05, 0.1) is 0 Å². The van der Waals surface area contributed by atoms with Crippen molar-refractivity contribution in [1.82, 2.24) is 4.90 Å². The lowest BCUT2D eigenvalue weighted by atomic mass is 9.85.